The minimum atomic E-state index is -0.749. The Labute approximate surface area is 117 Å². The van der Waals surface area contributed by atoms with Crippen LogP contribution in [0.5, 0.6) is 0 Å². The van der Waals surface area contributed by atoms with Crippen molar-refractivity contribution in [3.63, 3.8) is 0 Å². The Morgan fingerprint density at radius 3 is 2.53 bits per heavy atom. The summed E-state index contributed by atoms with van der Waals surface area (Å²) >= 11 is 2.87. The highest BCUT2D eigenvalue weighted by atomic mass is 79.9. The number of likely N-dealkylation sites (tertiary alicyclic amines) is 1. The molecular weight excluding hydrogens is 318 g/mol. The fourth-order valence-corrected chi connectivity index (χ4v) is 2.38. The van der Waals surface area contributed by atoms with E-state index in [0.29, 0.717) is 25.9 Å². The van der Waals surface area contributed by atoms with Crippen molar-refractivity contribution in [1.82, 2.24) is 4.90 Å². The SMILES string of the molecule is N#CC1CCN(C(=O)c2cc(F)c(Br)cc2F)CC1. The molecule has 0 saturated carbocycles. The molecule has 0 N–H and O–H groups in total. The highest BCUT2D eigenvalue weighted by molar-refractivity contribution is 9.10. The standard InChI is InChI=1S/C13H11BrF2N2O/c14-10-6-11(15)9(5-12(10)16)13(19)18-3-1-8(7-17)2-4-18/h5-6,8H,1-4H2. The molecule has 0 bridgehead atoms. The van der Waals surface area contributed by atoms with E-state index in [9.17, 15) is 13.6 Å². The van der Waals surface area contributed by atoms with Crippen molar-refractivity contribution < 1.29 is 13.6 Å². The summed E-state index contributed by atoms with van der Waals surface area (Å²) in [6, 6.07) is 4.00. The van der Waals surface area contributed by atoms with Crippen molar-refractivity contribution in [1.29, 1.82) is 5.26 Å². The fourth-order valence-electron chi connectivity index (χ4n) is 2.07. The van der Waals surface area contributed by atoms with Crippen LogP contribution in [0.25, 0.3) is 0 Å². The number of hydrogen-bond donors (Lipinski definition) is 0. The predicted molar refractivity (Wildman–Crippen MR) is 68.3 cm³/mol. The molecule has 1 amide bonds. The van der Waals surface area contributed by atoms with Gasteiger partial charge < -0.3 is 4.90 Å². The third kappa shape index (κ3) is 2.92. The van der Waals surface area contributed by atoms with E-state index in [2.05, 4.69) is 22.0 Å². The third-order valence-corrected chi connectivity index (χ3v) is 3.81. The number of carbonyl (C=O) groups is 1. The topological polar surface area (TPSA) is 44.1 Å². The molecule has 0 aliphatic carbocycles. The molecule has 2 rings (SSSR count). The van der Waals surface area contributed by atoms with Gasteiger partial charge in [0.15, 0.2) is 0 Å². The molecule has 0 atom stereocenters. The predicted octanol–water partition coefficient (Wildman–Crippen LogP) is 3.10. The lowest BCUT2D eigenvalue weighted by Gasteiger charge is -2.29. The van der Waals surface area contributed by atoms with Crippen molar-refractivity contribution in [2.75, 3.05) is 13.1 Å². The molecule has 1 heterocycles. The molecule has 1 aliphatic rings. The second kappa shape index (κ2) is 5.66. The van der Waals surface area contributed by atoms with Crippen LogP contribution < -0.4 is 0 Å². The van der Waals surface area contributed by atoms with Crippen LogP contribution in [0, 0.1) is 28.9 Å². The van der Waals surface area contributed by atoms with Crippen LogP contribution in [0.4, 0.5) is 8.78 Å². The van der Waals surface area contributed by atoms with Crippen LogP contribution in [-0.2, 0) is 0 Å². The summed E-state index contributed by atoms with van der Waals surface area (Å²) in [5.74, 6) is -2.01. The fraction of sp³-hybridized carbons (Fsp3) is 0.385. The molecule has 1 aliphatic heterocycles. The van der Waals surface area contributed by atoms with Crippen molar-refractivity contribution >= 4 is 21.8 Å². The molecule has 3 nitrogen and oxygen atoms in total. The van der Waals surface area contributed by atoms with Crippen LogP contribution >= 0.6 is 15.9 Å². The Hall–Kier alpha value is -1.48. The maximum absolute atomic E-state index is 13.7. The second-order valence-corrected chi connectivity index (χ2v) is 5.30. The van der Waals surface area contributed by atoms with E-state index in [1.807, 2.05) is 0 Å². The van der Waals surface area contributed by atoms with Crippen molar-refractivity contribution in [2.24, 2.45) is 5.92 Å². The smallest absolute Gasteiger partial charge is 0.256 e. The average molecular weight is 329 g/mol. The van der Waals surface area contributed by atoms with Crippen LogP contribution in [0.1, 0.15) is 23.2 Å². The molecule has 6 heteroatoms. The zero-order chi connectivity index (χ0) is 14.0. The van der Waals surface area contributed by atoms with Gasteiger partial charge in [-0.25, -0.2) is 8.78 Å². The van der Waals surface area contributed by atoms with Crippen molar-refractivity contribution in [3.8, 4) is 6.07 Å². The van der Waals surface area contributed by atoms with Gasteiger partial charge in [-0.1, -0.05) is 0 Å². The first-order valence-electron chi connectivity index (χ1n) is 5.86. The van der Waals surface area contributed by atoms with E-state index in [-0.39, 0.29) is 16.0 Å². The molecule has 1 fully saturated rings. The normalized spacial score (nSPS) is 16.2. The molecule has 0 aromatic heterocycles. The van der Waals surface area contributed by atoms with E-state index >= 15 is 0 Å². The van der Waals surface area contributed by atoms with E-state index < -0.39 is 17.5 Å². The summed E-state index contributed by atoms with van der Waals surface area (Å²) in [5, 5.41) is 8.78. The van der Waals surface area contributed by atoms with E-state index in [0.717, 1.165) is 12.1 Å². The van der Waals surface area contributed by atoms with Crippen LogP contribution in [0.2, 0.25) is 0 Å². The van der Waals surface area contributed by atoms with E-state index in [1.54, 1.807) is 0 Å². The van der Waals surface area contributed by atoms with Gasteiger partial charge in [0.25, 0.3) is 5.91 Å². The van der Waals surface area contributed by atoms with Gasteiger partial charge in [-0.3, -0.25) is 4.79 Å². The molecule has 0 radical (unpaired) electrons. The van der Waals surface area contributed by atoms with Crippen molar-refractivity contribution in [2.45, 2.75) is 12.8 Å². The summed E-state index contributed by atoms with van der Waals surface area (Å²) in [7, 11) is 0. The molecule has 1 aromatic carbocycles. The number of benzene rings is 1. The summed E-state index contributed by atoms with van der Waals surface area (Å²) in [5.41, 5.74) is -0.267. The zero-order valence-electron chi connectivity index (χ0n) is 10.00. The summed E-state index contributed by atoms with van der Waals surface area (Å²) in [6.07, 6.45) is 1.14. The maximum atomic E-state index is 13.7. The van der Waals surface area contributed by atoms with Gasteiger partial charge in [-0.2, -0.15) is 5.26 Å². The molecular formula is C13H11BrF2N2O. The summed E-state index contributed by atoms with van der Waals surface area (Å²) in [6.45, 7) is 0.794. The number of amides is 1. The van der Waals surface area contributed by atoms with Gasteiger partial charge in [0.1, 0.15) is 11.6 Å². The lowest BCUT2D eigenvalue weighted by atomic mass is 9.98. The van der Waals surface area contributed by atoms with Gasteiger partial charge in [0, 0.05) is 19.0 Å². The number of hydrogen-bond acceptors (Lipinski definition) is 2. The average Bonchev–Trinajstić information content (AvgIpc) is 2.42. The lowest BCUT2D eigenvalue weighted by molar-refractivity contribution is 0.0702. The number of halogens is 3. The molecule has 19 heavy (non-hydrogen) atoms. The van der Waals surface area contributed by atoms with Crippen molar-refractivity contribution in [3.05, 3.63) is 33.8 Å². The molecule has 1 aromatic rings. The van der Waals surface area contributed by atoms with Gasteiger partial charge in [0.2, 0.25) is 0 Å². The largest absolute Gasteiger partial charge is 0.338 e. The Morgan fingerprint density at radius 2 is 1.95 bits per heavy atom. The Morgan fingerprint density at radius 1 is 1.32 bits per heavy atom. The van der Waals surface area contributed by atoms with Gasteiger partial charge in [-0.05, 0) is 40.9 Å². The Kier molecular flexibility index (Phi) is 4.15. The quantitative estimate of drug-likeness (QED) is 0.743. The molecule has 0 unspecified atom stereocenters. The molecule has 1 saturated heterocycles. The highest BCUT2D eigenvalue weighted by Crippen LogP contribution is 2.23. The number of nitriles is 1. The van der Waals surface area contributed by atoms with Crippen LogP contribution in [0.3, 0.4) is 0 Å². The monoisotopic (exact) mass is 328 g/mol. The van der Waals surface area contributed by atoms with Gasteiger partial charge in [-0.15, -0.1) is 0 Å². The zero-order valence-corrected chi connectivity index (χ0v) is 11.6. The van der Waals surface area contributed by atoms with Crippen LogP contribution in [-0.4, -0.2) is 23.9 Å². The number of rotatable bonds is 1. The third-order valence-electron chi connectivity index (χ3n) is 3.21. The molecule has 100 valence electrons. The highest BCUT2D eigenvalue weighted by Gasteiger charge is 2.25. The minimum absolute atomic E-state index is 0.00950. The van der Waals surface area contributed by atoms with E-state index in [4.69, 9.17) is 5.26 Å². The number of piperidine rings is 1. The van der Waals surface area contributed by atoms with Gasteiger partial charge >= 0.3 is 0 Å². The minimum Gasteiger partial charge on any atom is -0.338 e. The maximum Gasteiger partial charge on any atom is 0.256 e. The summed E-state index contributed by atoms with van der Waals surface area (Å²) in [4.78, 5) is 13.6. The second-order valence-electron chi connectivity index (χ2n) is 4.44. The molecule has 0 spiro atoms. The van der Waals surface area contributed by atoms with E-state index in [1.165, 1.54) is 4.90 Å². The summed E-state index contributed by atoms with van der Waals surface area (Å²) < 4.78 is 27.0. The Bertz CT molecular complexity index is 548. The van der Waals surface area contributed by atoms with Gasteiger partial charge in [0.05, 0.1) is 16.1 Å². The Balaban J connectivity index is 2.17. The lowest BCUT2D eigenvalue weighted by Crippen LogP contribution is -2.38. The first-order chi connectivity index (χ1) is 9.02. The number of nitrogens with zero attached hydrogens (tertiary/aromatic N) is 2. The van der Waals surface area contributed by atoms with Crippen LogP contribution in [0.15, 0.2) is 16.6 Å². The first kappa shape index (κ1) is 13.9. The number of carbonyl (C=O) groups excluding carboxylic acids is 1. The first-order valence-corrected chi connectivity index (χ1v) is 6.65.